The molecule has 0 spiro atoms. The molecule has 0 aliphatic heterocycles. The van der Waals surface area contributed by atoms with Crippen LogP contribution in [0.1, 0.15) is 25.7 Å². The molecule has 0 fully saturated rings. The van der Waals surface area contributed by atoms with Crippen LogP contribution in [0, 0.1) is 0 Å². The topological polar surface area (TPSA) is 87.7 Å². The quantitative estimate of drug-likeness (QED) is 0.622. The molecule has 0 bridgehead atoms. The summed E-state index contributed by atoms with van der Waals surface area (Å²) in [5.41, 5.74) is 0.623. The number of nitrogens with one attached hydrogen (secondary N) is 2. The van der Waals surface area contributed by atoms with Gasteiger partial charge in [0.1, 0.15) is 5.75 Å². The minimum absolute atomic E-state index is 0.170. The van der Waals surface area contributed by atoms with Crippen LogP contribution in [0.15, 0.2) is 22.7 Å². The summed E-state index contributed by atoms with van der Waals surface area (Å²) < 4.78 is 5.86. The zero-order chi connectivity index (χ0) is 15.7. The fourth-order valence-corrected chi connectivity index (χ4v) is 2.02. The third kappa shape index (κ3) is 6.99. The van der Waals surface area contributed by atoms with Gasteiger partial charge < -0.3 is 20.5 Å². The molecular weight excluding hydrogens is 340 g/mol. The summed E-state index contributed by atoms with van der Waals surface area (Å²) >= 11 is 3.35. The van der Waals surface area contributed by atoms with E-state index in [-0.39, 0.29) is 12.5 Å². The molecular formula is C14H19BrN2O4. The van der Waals surface area contributed by atoms with E-state index in [1.54, 1.807) is 25.3 Å². The first kappa shape index (κ1) is 17.3. The van der Waals surface area contributed by atoms with E-state index in [1.165, 1.54) is 0 Å². The van der Waals surface area contributed by atoms with Crippen LogP contribution < -0.4 is 15.4 Å². The smallest absolute Gasteiger partial charge is 0.319 e. The molecule has 0 saturated carbocycles. The van der Waals surface area contributed by atoms with Crippen LogP contribution in [-0.4, -0.2) is 30.8 Å². The first-order valence-corrected chi connectivity index (χ1v) is 7.42. The largest absolute Gasteiger partial charge is 0.497 e. The number of methoxy groups -OCH3 is 1. The molecule has 0 heterocycles. The van der Waals surface area contributed by atoms with Crippen molar-refractivity contribution in [1.29, 1.82) is 0 Å². The number of hydrogen-bond donors (Lipinski definition) is 3. The molecule has 0 atom stereocenters. The number of carbonyl (C=O) groups is 2. The fourth-order valence-electron chi connectivity index (χ4n) is 1.67. The summed E-state index contributed by atoms with van der Waals surface area (Å²) in [5, 5.41) is 13.9. The SMILES string of the molecule is COc1ccc(Br)c(NC(=O)NCCCCCC(=O)O)c1. The second-order valence-corrected chi connectivity index (χ2v) is 5.29. The lowest BCUT2D eigenvalue weighted by Gasteiger charge is -2.10. The number of aliphatic carboxylic acids is 1. The molecule has 1 aromatic rings. The van der Waals surface area contributed by atoms with E-state index in [1.807, 2.05) is 0 Å². The van der Waals surface area contributed by atoms with E-state index in [0.29, 0.717) is 24.4 Å². The van der Waals surface area contributed by atoms with Crippen molar-refractivity contribution in [1.82, 2.24) is 5.32 Å². The van der Waals surface area contributed by atoms with Crippen LogP contribution in [0.25, 0.3) is 0 Å². The maximum absolute atomic E-state index is 11.7. The summed E-state index contributed by atoms with van der Waals surface area (Å²) in [6.45, 7) is 0.507. The number of hydrogen-bond acceptors (Lipinski definition) is 3. The van der Waals surface area contributed by atoms with Gasteiger partial charge in [-0.2, -0.15) is 0 Å². The summed E-state index contributed by atoms with van der Waals surface area (Å²) in [6, 6.07) is 4.99. The number of anilines is 1. The van der Waals surface area contributed by atoms with Crippen molar-refractivity contribution in [3.05, 3.63) is 22.7 Å². The van der Waals surface area contributed by atoms with Crippen molar-refractivity contribution in [2.75, 3.05) is 19.0 Å². The molecule has 3 N–H and O–H groups in total. The molecule has 7 heteroatoms. The third-order valence-electron chi connectivity index (χ3n) is 2.77. The molecule has 0 aliphatic rings. The highest BCUT2D eigenvalue weighted by molar-refractivity contribution is 9.10. The zero-order valence-electron chi connectivity index (χ0n) is 11.8. The average molecular weight is 359 g/mol. The average Bonchev–Trinajstić information content (AvgIpc) is 2.44. The van der Waals surface area contributed by atoms with E-state index in [2.05, 4.69) is 26.6 Å². The molecule has 2 amide bonds. The van der Waals surface area contributed by atoms with Crippen LogP contribution in [0.3, 0.4) is 0 Å². The number of halogens is 1. The first-order valence-electron chi connectivity index (χ1n) is 6.63. The summed E-state index contributed by atoms with van der Waals surface area (Å²) in [7, 11) is 1.56. The predicted molar refractivity (Wildman–Crippen MR) is 83.8 cm³/mol. The van der Waals surface area contributed by atoms with Crippen LogP contribution in [-0.2, 0) is 4.79 Å². The number of urea groups is 1. The Hall–Kier alpha value is -1.76. The lowest BCUT2D eigenvalue weighted by molar-refractivity contribution is -0.137. The minimum atomic E-state index is -0.788. The molecule has 6 nitrogen and oxygen atoms in total. The lowest BCUT2D eigenvalue weighted by Crippen LogP contribution is -2.29. The zero-order valence-corrected chi connectivity index (χ0v) is 13.4. The summed E-state index contributed by atoms with van der Waals surface area (Å²) in [5.74, 6) is -0.134. The second-order valence-electron chi connectivity index (χ2n) is 4.43. The lowest BCUT2D eigenvalue weighted by atomic mass is 10.2. The highest BCUT2D eigenvalue weighted by Crippen LogP contribution is 2.26. The normalized spacial score (nSPS) is 10.0. The van der Waals surface area contributed by atoms with Gasteiger partial charge in [-0.25, -0.2) is 4.79 Å². The van der Waals surface area contributed by atoms with Gasteiger partial charge >= 0.3 is 12.0 Å². The molecule has 0 saturated heterocycles. The number of unbranched alkanes of at least 4 members (excludes halogenated alkanes) is 2. The van der Waals surface area contributed by atoms with E-state index in [0.717, 1.165) is 17.3 Å². The van der Waals surface area contributed by atoms with E-state index in [9.17, 15) is 9.59 Å². The Morgan fingerprint density at radius 2 is 2.05 bits per heavy atom. The molecule has 0 aromatic heterocycles. The van der Waals surface area contributed by atoms with Crippen LogP contribution >= 0.6 is 15.9 Å². The van der Waals surface area contributed by atoms with Gasteiger partial charge in [0.25, 0.3) is 0 Å². The number of ether oxygens (including phenoxy) is 1. The van der Waals surface area contributed by atoms with Crippen LogP contribution in [0.4, 0.5) is 10.5 Å². The van der Waals surface area contributed by atoms with Gasteiger partial charge in [-0.3, -0.25) is 4.79 Å². The van der Waals surface area contributed by atoms with E-state index in [4.69, 9.17) is 9.84 Å². The highest BCUT2D eigenvalue weighted by Gasteiger charge is 2.06. The van der Waals surface area contributed by atoms with Gasteiger partial charge in [0.15, 0.2) is 0 Å². The Kier molecular flexibility index (Phi) is 7.60. The Balaban J connectivity index is 2.29. The Labute approximate surface area is 132 Å². The number of carbonyl (C=O) groups excluding carboxylic acids is 1. The first-order chi connectivity index (χ1) is 10.0. The number of rotatable bonds is 8. The van der Waals surface area contributed by atoms with Crippen LogP contribution in [0.2, 0.25) is 0 Å². The van der Waals surface area contributed by atoms with Crippen LogP contribution in [0.5, 0.6) is 5.75 Å². The summed E-state index contributed by atoms with van der Waals surface area (Å²) in [6.07, 6.45) is 2.32. The Morgan fingerprint density at radius 3 is 2.71 bits per heavy atom. The van der Waals surface area contributed by atoms with Crippen molar-refractivity contribution >= 4 is 33.6 Å². The number of carboxylic acid groups (broad SMARTS) is 1. The van der Waals surface area contributed by atoms with E-state index >= 15 is 0 Å². The standard InChI is InChI=1S/C14H19BrN2O4/c1-21-10-6-7-11(15)12(9-10)17-14(20)16-8-4-2-3-5-13(18)19/h6-7,9H,2-5,8H2,1H3,(H,18,19)(H2,16,17,20). The fraction of sp³-hybridized carbons (Fsp3) is 0.429. The Bertz CT molecular complexity index is 494. The van der Waals surface area contributed by atoms with Crippen molar-refractivity contribution in [2.45, 2.75) is 25.7 Å². The molecule has 1 rings (SSSR count). The van der Waals surface area contributed by atoms with Crippen molar-refractivity contribution in [3.8, 4) is 5.75 Å². The predicted octanol–water partition coefficient (Wildman–Crippen LogP) is 3.22. The summed E-state index contributed by atoms with van der Waals surface area (Å²) in [4.78, 5) is 22.1. The van der Waals surface area contributed by atoms with Crippen molar-refractivity contribution in [2.24, 2.45) is 0 Å². The van der Waals surface area contributed by atoms with Gasteiger partial charge in [-0.1, -0.05) is 6.42 Å². The van der Waals surface area contributed by atoms with Gasteiger partial charge in [-0.15, -0.1) is 0 Å². The minimum Gasteiger partial charge on any atom is -0.497 e. The van der Waals surface area contributed by atoms with Gasteiger partial charge in [0, 0.05) is 23.5 Å². The molecule has 0 radical (unpaired) electrons. The maximum atomic E-state index is 11.7. The van der Waals surface area contributed by atoms with Gasteiger partial charge in [0.05, 0.1) is 12.8 Å². The molecule has 116 valence electrons. The Morgan fingerprint density at radius 1 is 1.29 bits per heavy atom. The molecule has 0 aliphatic carbocycles. The number of benzene rings is 1. The number of carboxylic acids is 1. The van der Waals surface area contributed by atoms with Gasteiger partial charge in [0.2, 0.25) is 0 Å². The molecule has 21 heavy (non-hydrogen) atoms. The monoisotopic (exact) mass is 358 g/mol. The van der Waals surface area contributed by atoms with Gasteiger partial charge in [-0.05, 0) is 40.9 Å². The maximum Gasteiger partial charge on any atom is 0.319 e. The third-order valence-corrected chi connectivity index (χ3v) is 3.47. The van der Waals surface area contributed by atoms with Crippen molar-refractivity contribution < 1.29 is 19.4 Å². The number of amides is 2. The molecule has 0 unspecified atom stereocenters. The second kappa shape index (κ2) is 9.23. The van der Waals surface area contributed by atoms with E-state index < -0.39 is 5.97 Å². The highest BCUT2D eigenvalue weighted by atomic mass is 79.9. The molecule has 1 aromatic carbocycles. The van der Waals surface area contributed by atoms with Crippen molar-refractivity contribution in [3.63, 3.8) is 0 Å².